The van der Waals surface area contributed by atoms with Gasteiger partial charge < -0.3 is 0 Å². The number of hydrogen-bond donors (Lipinski definition) is 2. The number of carbonyl (C=O) groups excluding carboxylic acids is 1. The summed E-state index contributed by atoms with van der Waals surface area (Å²) in [7, 11) is 0. The van der Waals surface area contributed by atoms with Crippen LogP contribution in [0.15, 0.2) is 0 Å². The van der Waals surface area contributed by atoms with E-state index in [4.69, 9.17) is 5.84 Å². The topological polar surface area (TPSA) is 85.8 Å². The zero-order chi connectivity index (χ0) is 11.6. The highest BCUT2D eigenvalue weighted by Gasteiger charge is 2.23. The molecule has 2 unspecified atom stereocenters. The van der Waals surface area contributed by atoms with E-state index in [1.165, 1.54) is 0 Å². The molecule has 0 radical (unpaired) electrons. The van der Waals surface area contributed by atoms with Gasteiger partial charge in [0.2, 0.25) is 5.91 Å². The first-order valence-electron chi connectivity index (χ1n) is 4.87. The molecule has 1 aromatic rings. The van der Waals surface area contributed by atoms with E-state index in [0.717, 1.165) is 5.82 Å². The molecule has 0 aliphatic carbocycles. The second-order valence-corrected chi connectivity index (χ2v) is 3.69. The number of amides is 1. The van der Waals surface area contributed by atoms with Crippen molar-refractivity contribution in [2.75, 3.05) is 0 Å². The van der Waals surface area contributed by atoms with Gasteiger partial charge in [-0.1, -0.05) is 6.92 Å². The van der Waals surface area contributed by atoms with Gasteiger partial charge in [0.15, 0.2) is 0 Å². The van der Waals surface area contributed by atoms with Crippen LogP contribution in [-0.4, -0.2) is 20.7 Å². The second-order valence-electron chi connectivity index (χ2n) is 3.69. The summed E-state index contributed by atoms with van der Waals surface area (Å²) in [5.41, 5.74) is 2.14. The quantitative estimate of drug-likeness (QED) is 0.421. The molecule has 0 aliphatic heterocycles. The maximum atomic E-state index is 11.3. The lowest BCUT2D eigenvalue weighted by Crippen LogP contribution is -2.38. The zero-order valence-corrected chi connectivity index (χ0v) is 9.48. The first-order chi connectivity index (χ1) is 6.97. The van der Waals surface area contributed by atoms with E-state index in [-0.39, 0.29) is 17.9 Å². The highest BCUT2D eigenvalue weighted by molar-refractivity contribution is 5.78. The average Bonchev–Trinajstić information content (AvgIpc) is 2.54. The second kappa shape index (κ2) is 4.39. The number of nitrogens with zero attached hydrogens (tertiary/aromatic N) is 3. The molecule has 15 heavy (non-hydrogen) atoms. The van der Waals surface area contributed by atoms with E-state index in [1.54, 1.807) is 4.68 Å². The van der Waals surface area contributed by atoms with Crippen LogP contribution in [-0.2, 0) is 4.79 Å². The van der Waals surface area contributed by atoms with Crippen molar-refractivity contribution in [3.63, 3.8) is 0 Å². The fraction of sp³-hybridized carbons (Fsp3) is 0.667. The van der Waals surface area contributed by atoms with Crippen molar-refractivity contribution in [2.45, 2.75) is 33.7 Å². The minimum atomic E-state index is -0.241. The van der Waals surface area contributed by atoms with Gasteiger partial charge in [0.1, 0.15) is 11.6 Å². The summed E-state index contributed by atoms with van der Waals surface area (Å²) in [6.45, 7) is 7.41. The smallest absolute Gasteiger partial charge is 0.238 e. The largest absolute Gasteiger partial charge is 0.294 e. The fourth-order valence-corrected chi connectivity index (χ4v) is 1.48. The van der Waals surface area contributed by atoms with Crippen LogP contribution in [0.1, 0.15) is 31.5 Å². The van der Waals surface area contributed by atoms with Gasteiger partial charge >= 0.3 is 0 Å². The highest BCUT2D eigenvalue weighted by atomic mass is 16.2. The lowest BCUT2D eigenvalue weighted by atomic mass is 10.0. The predicted molar refractivity (Wildman–Crippen MR) is 55.7 cm³/mol. The Morgan fingerprint density at radius 2 is 2.07 bits per heavy atom. The van der Waals surface area contributed by atoms with Crippen molar-refractivity contribution < 1.29 is 4.79 Å². The van der Waals surface area contributed by atoms with Crippen molar-refractivity contribution in [1.82, 2.24) is 20.2 Å². The normalized spacial score (nSPS) is 14.7. The average molecular weight is 211 g/mol. The zero-order valence-electron chi connectivity index (χ0n) is 9.48. The highest BCUT2D eigenvalue weighted by Crippen LogP contribution is 2.17. The van der Waals surface area contributed by atoms with Crippen LogP contribution in [0.4, 0.5) is 0 Å². The van der Waals surface area contributed by atoms with Gasteiger partial charge in [0, 0.05) is 0 Å². The molecule has 6 nitrogen and oxygen atoms in total. The first-order valence-corrected chi connectivity index (χ1v) is 4.87. The van der Waals surface area contributed by atoms with E-state index in [1.807, 2.05) is 27.7 Å². The van der Waals surface area contributed by atoms with E-state index in [2.05, 4.69) is 15.5 Å². The molecule has 0 spiro atoms. The molecule has 0 saturated carbocycles. The van der Waals surface area contributed by atoms with Gasteiger partial charge in [-0.3, -0.25) is 10.2 Å². The molecule has 84 valence electrons. The Balaban J connectivity index is 2.89. The third-order valence-electron chi connectivity index (χ3n) is 2.57. The van der Waals surface area contributed by atoms with Crippen molar-refractivity contribution in [3.05, 3.63) is 11.6 Å². The molecule has 3 N–H and O–H groups in total. The molecule has 0 saturated heterocycles. The SMILES string of the molecule is Cc1nc(C)n(C(C)C(C)C(=O)NN)n1. The van der Waals surface area contributed by atoms with Crippen LogP contribution in [0, 0.1) is 19.8 Å². The first kappa shape index (κ1) is 11.6. The monoisotopic (exact) mass is 211 g/mol. The van der Waals surface area contributed by atoms with Crippen LogP contribution in [0.5, 0.6) is 0 Å². The minimum Gasteiger partial charge on any atom is -0.294 e. The van der Waals surface area contributed by atoms with E-state index >= 15 is 0 Å². The molecule has 6 heteroatoms. The third-order valence-corrected chi connectivity index (χ3v) is 2.57. The van der Waals surface area contributed by atoms with Gasteiger partial charge in [0.05, 0.1) is 12.0 Å². The van der Waals surface area contributed by atoms with Gasteiger partial charge in [-0.15, -0.1) is 0 Å². The lowest BCUT2D eigenvalue weighted by Gasteiger charge is -2.19. The Hall–Kier alpha value is -1.43. The van der Waals surface area contributed by atoms with Crippen LogP contribution in [0.3, 0.4) is 0 Å². The molecule has 0 bridgehead atoms. The molecule has 0 aliphatic rings. The summed E-state index contributed by atoms with van der Waals surface area (Å²) in [5.74, 6) is 6.16. The number of hydrazine groups is 1. The number of aryl methyl sites for hydroxylation is 2. The maximum absolute atomic E-state index is 11.3. The number of hydrogen-bond acceptors (Lipinski definition) is 4. The Morgan fingerprint density at radius 3 is 2.47 bits per heavy atom. The van der Waals surface area contributed by atoms with Gasteiger partial charge in [-0.05, 0) is 20.8 Å². The molecule has 0 aromatic carbocycles. The number of nitrogens with two attached hydrogens (primary N) is 1. The van der Waals surface area contributed by atoms with Gasteiger partial charge in [0.25, 0.3) is 0 Å². The van der Waals surface area contributed by atoms with E-state index < -0.39 is 0 Å². The van der Waals surface area contributed by atoms with Crippen LogP contribution in [0.2, 0.25) is 0 Å². The Kier molecular flexibility index (Phi) is 3.41. The standard InChI is InChI=1S/C9H17N5O/c1-5(9(15)12-10)6(2)14-8(4)11-7(3)13-14/h5-6H,10H2,1-4H3,(H,12,15). The number of rotatable bonds is 3. The van der Waals surface area contributed by atoms with E-state index in [0.29, 0.717) is 5.82 Å². The van der Waals surface area contributed by atoms with Crippen LogP contribution in [0.25, 0.3) is 0 Å². The fourth-order valence-electron chi connectivity index (χ4n) is 1.48. The number of nitrogens with one attached hydrogen (secondary N) is 1. The molecular weight excluding hydrogens is 194 g/mol. The predicted octanol–water partition coefficient (Wildman–Crippen LogP) is 0.0819. The summed E-state index contributed by atoms with van der Waals surface area (Å²) in [6, 6.07) is -0.0604. The van der Waals surface area contributed by atoms with Crippen molar-refractivity contribution in [3.8, 4) is 0 Å². The summed E-state index contributed by atoms with van der Waals surface area (Å²) in [6.07, 6.45) is 0. The van der Waals surface area contributed by atoms with Gasteiger partial charge in [-0.25, -0.2) is 15.5 Å². The molecule has 1 rings (SSSR count). The molecule has 2 atom stereocenters. The summed E-state index contributed by atoms with van der Waals surface area (Å²) in [4.78, 5) is 15.5. The van der Waals surface area contributed by atoms with Crippen molar-refractivity contribution >= 4 is 5.91 Å². The number of aromatic nitrogens is 3. The molecular formula is C9H17N5O. The van der Waals surface area contributed by atoms with Crippen LogP contribution < -0.4 is 11.3 Å². The number of carbonyl (C=O) groups is 1. The molecule has 1 heterocycles. The summed E-state index contributed by atoms with van der Waals surface area (Å²) < 4.78 is 1.75. The Labute approximate surface area is 88.8 Å². The maximum Gasteiger partial charge on any atom is 0.238 e. The van der Waals surface area contributed by atoms with Crippen molar-refractivity contribution in [1.29, 1.82) is 0 Å². The van der Waals surface area contributed by atoms with Crippen molar-refractivity contribution in [2.24, 2.45) is 11.8 Å². The van der Waals surface area contributed by atoms with Gasteiger partial charge in [-0.2, -0.15) is 5.10 Å². The minimum absolute atomic E-state index is 0.0604. The lowest BCUT2D eigenvalue weighted by molar-refractivity contribution is -0.125. The Bertz CT molecular complexity index is 359. The third kappa shape index (κ3) is 2.33. The molecule has 1 aromatic heterocycles. The molecule has 0 fully saturated rings. The summed E-state index contributed by atoms with van der Waals surface area (Å²) >= 11 is 0. The summed E-state index contributed by atoms with van der Waals surface area (Å²) in [5, 5.41) is 4.23. The molecule has 1 amide bonds. The van der Waals surface area contributed by atoms with E-state index in [9.17, 15) is 4.79 Å². The van der Waals surface area contributed by atoms with Crippen LogP contribution >= 0.6 is 0 Å². The Morgan fingerprint density at radius 1 is 1.47 bits per heavy atom.